The first-order valence-electron chi connectivity index (χ1n) is 5.93. The Bertz CT molecular complexity index is 336. The molecule has 1 aromatic rings. The molecule has 1 unspecified atom stereocenters. The van der Waals surface area contributed by atoms with Gasteiger partial charge in [-0.2, -0.15) is 0 Å². The van der Waals surface area contributed by atoms with Crippen molar-refractivity contribution in [1.29, 1.82) is 0 Å². The van der Waals surface area contributed by atoms with Gasteiger partial charge in [-0.25, -0.2) is 0 Å². The molecular weight excluding hydrogens is 254 g/mol. The third-order valence-corrected chi connectivity index (χ3v) is 2.76. The van der Waals surface area contributed by atoms with Crippen molar-refractivity contribution in [3.8, 4) is 0 Å². The van der Waals surface area contributed by atoms with E-state index in [1.165, 1.54) is 0 Å². The van der Waals surface area contributed by atoms with Crippen LogP contribution in [0.2, 0.25) is 5.02 Å². The Balaban J connectivity index is 2.12. The number of hydrogen-bond acceptors (Lipinski definition) is 4. The number of benzene rings is 1. The smallest absolute Gasteiger partial charge is 0.0897 e. The molecule has 1 aromatic carbocycles. The summed E-state index contributed by atoms with van der Waals surface area (Å²) in [4.78, 5) is 0. The van der Waals surface area contributed by atoms with E-state index in [4.69, 9.17) is 21.1 Å². The standard InChI is InChI=1S/C13H20ClNO3/c1-17-6-7-18-10-12(16)9-15-8-11-4-2-3-5-13(11)14/h2-5,12,15-16H,6-10H2,1H3. The molecule has 0 fully saturated rings. The van der Waals surface area contributed by atoms with Crippen LogP contribution >= 0.6 is 11.6 Å². The summed E-state index contributed by atoms with van der Waals surface area (Å²) in [5.74, 6) is 0. The Hall–Kier alpha value is -0.650. The fraction of sp³-hybridized carbons (Fsp3) is 0.538. The fourth-order valence-electron chi connectivity index (χ4n) is 1.44. The molecule has 4 nitrogen and oxygen atoms in total. The van der Waals surface area contributed by atoms with Gasteiger partial charge < -0.3 is 19.9 Å². The maximum Gasteiger partial charge on any atom is 0.0897 e. The second kappa shape index (κ2) is 9.30. The van der Waals surface area contributed by atoms with Gasteiger partial charge in [0.1, 0.15) is 0 Å². The van der Waals surface area contributed by atoms with Gasteiger partial charge in [-0.1, -0.05) is 29.8 Å². The second-order valence-corrected chi connectivity index (χ2v) is 4.35. The van der Waals surface area contributed by atoms with E-state index in [1.54, 1.807) is 7.11 Å². The highest BCUT2D eigenvalue weighted by Gasteiger charge is 2.04. The number of hydrogen-bond donors (Lipinski definition) is 2. The van der Waals surface area contributed by atoms with E-state index in [0.29, 0.717) is 32.9 Å². The molecule has 0 bridgehead atoms. The van der Waals surface area contributed by atoms with E-state index in [-0.39, 0.29) is 0 Å². The van der Waals surface area contributed by atoms with Crippen molar-refractivity contribution in [1.82, 2.24) is 5.32 Å². The minimum absolute atomic E-state index is 0.304. The maximum atomic E-state index is 9.63. The largest absolute Gasteiger partial charge is 0.389 e. The Labute approximate surface area is 113 Å². The molecule has 0 heterocycles. The highest BCUT2D eigenvalue weighted by Crippen LogP contribution is 2.14. The summed E-state index contributed by atoms with van der Waals surface area (Å²) in [6.07, 6.45) is -0.524. The third kappa shape index (κ3) is 6.33. The topological polar surface area (TPSA) is 50.7 Å². The molecular formula is C13H20ClNO3. The average molecular weight is 274 g/mol. The number of halogens is 1. The van der Waals surface area contributed by atoms with Crippen molar-refractivity contribution in [2.45, 2.75) is 12.6 Å². The molecule has 0 amide bonds. The first-order chi connectivity index (χ1) is 8.74. The van der Waals surface area contributed by atoms with E-state index in [0.717, 1.165) is 10.6 Å². The van der Waals surface area contributed by atoms with Crippen LogP contribution in [0, 0.1) is 0 Å². The summed E-state index contributed by atoms with van der Waals surface area (Å²) in [5.41, 5.74) is 1.02. The molecule has 5 heteroatoms. The van der Waals surface area contributed by atoms with Crippen molar-refractivity contribution in [2.75, 3.05) is 33.5 Å². The molecule has 0 aliphatic rings. The number of aliphatic hydroxyl groups excluding tert-OH is 1. The van der Waals surface area contributed by atoms with Gasteiger partial charge in [-0.05, 0) is 11.6 Å². The minimum atomic E-state index is -0.524. The van der Waals surface area contributed by atoms with Gasteiger partial charge in [0, 0.05) is 25.2 Å². The van der Waals surface area contributed by atoms with E-state index in [2.05, 4.69) is 5.32 Å². The van der Waals surface area contributed by atoms with Crippen LogP contribution in [0.4, 0.5) is 0 Å². The number of methoxy groups -OCH3 is 1. The third-order valence-electron chi connectivity index (χ3n) is 2.40. The summed E-state index contributed by atoms with van der Waals surface area (Å²) < 4.78 is 10.1. The first-order valence-corrected chi connectivity index (χ1v) is 6.30. The van der Waals surface area contributed by atoms with Crippen LogP contribution in [-0.2, 0) is 16.0 Å². The number of ether oxygens (including phenoxy) is 2. The SMILES string of the molecule is COCCOCC(O)CNCc1ccccc1Cl. The number of rotatable bonds is 9. The van der Waals surface area contributed by atoms with Crippen molar-refractivity contribution in [3.05, 3.63) is 34.9 Å². The van der Waals surface area contributed by atoms with Crippen LogP contribution in [-0.4, -0.2) is 44.7 Å². The first kappa shape index (κ1) is 15.4. The molecule has 0 aliphatic carbocycles. The van der Waals surface area contributed by atoms with Crippen molar-refractivity contribution in [3.63, 3.8) is 0 Å². The van der Waals surface area contributed by atoms with Crippen LogP contribution in [0.5, 0.6) is 0 Å². The Morgan fingerprint density at radius 3 is 2.83 bits per heavy atom. The molecule has 0 spiro atoms. The Morgan fingerprint density at radius 2 is 2.11 bits per heavy atom. The van der Waals surface area contributed by atoms with Crippen molar-refractivity contribution in [2.24, 2.45) is 0 Å². The minimum Gasteiger partial charge on any atom is -0.389 e. The normalized spacial score (nSPS) is 12.6. The van der Waals surface area contributed by atoms with E-state index in [1.807, 2.05) is 24.3 Å². The van der Waals surface area contributed by atoms with Gasteiger partial charge in [0.25, 0.3) is 0 Å². The lowest BCUT2D eigenvalue weighted by Crippen LogP contribution is -2.30. The highest BCUT2D eigenvalue weighted by molar-refractivity contribution is 6.31. The maximum absolute atomic E-state index is 9.63. The zero-order valence-electron chi connectivity index (χ0n) is 10.6. The quantitative estimate of drug-likeness (QED) is 0.669. The predicted octanol–water partition coefficient (Wildman–Crippen LogP) is 1.45. The van der Waals surface area contributed by atoms with Gasteiger partial charge in [0.05, 0.1) is 25.9 Å². The molecule has 102 valence electrons. The molecule has 1 rings (SSSR count). The zero-order chi connectivity index (χ0) is 13.2. The number of nitrogens with one attached hydrogen (secondary N) is 1. The van der Waals surface area contributed by atoms with Crippen molar-refractivity contribution < 1.29 is 14.6 Å². The summed E-state index contributed by atoms with van der Waals surface area (Å²) in [6.45, 7) is 2.45. The van der Waals surface area contributed by atoms with Gasteiger partial charge in [-0.15, -0.1) is 0 Å². The molecule has 0 saturated heterocycles. The van der Waals surface area contributed by atoms with Crippen LogP contribution in [0.15, 0.2) is 24.3 Å². The summed E-state index contributed by atoms with van der Waals surface area (Å²) in [7, 11) is 1.62. The fourth-order valence-corrected chi connectivity index (χ4v) is 1.64. The lowest BCUT2D eigenvalue weighted by molar-refractivity contribution is 0.0137. The highest BCUT2D eigenvalue weighted by atomic mass is 35.5. The summed E-state index contributed by atoms with van der Waals surface area (Å²) in [6, 6.07) is 7.64. The van der Waals surface area contributed by atoms with Crippen molar-refractivity contribution >= 4 is 11.6 Å². The van der Waals surface area contributed by atoms with Crippen LogP contribution < -0.4 is 5.32 Å². The van der Waals surface area contributed by atoms with Gasteiger partial charge in [0.15, 0.2) is 0 Å². The van der Waals surface area contributed by atoms with E-state index >= 15 is 0 Å². The van der Waals surface area contributed by atoms with E-state index < -0.39 is 6.10 Å². The molecule has 1 atom stereocenters. The van der Waals surface area contributed by atoms with Gasteiger partial charge in [0.2, 0.25) is 0 Å². The van der Waals surface area contributed by atoms with Gasteiger partial charge >= 0.3 is 0 Å². The van der Waals surface area contributed by atoms with Gasteiger partial charge in [-0.3, -0.25) is 0 Å². The lowest BCUT2D eigenvalue weighted by Gasteiger charge is -2.12. The monoisotopic (exact) mass is 273 g/mol. The van der Waals surface area contributed by atoms with Crippen LogP contribution in [0.3, 0.4) is 0 Å². The number of aliphatic hydroxyl groups is 1. The molecule has 18 heavy (non-hydrogen) atoms. The molecule has 0 radical (unpaired) electrons. The van der Waals surface area contributed by atoms with Crippen LogP contribution in [0.25, 0.3) is 0 Å². The summed E-state index contributed by atoms with van der Waals surface area (Å²) >= 11 is 6.02. The molecule has 0 saturated carbocycles. The van der Waals surface area contributed by atoms with E-state index in [9.17, 15) is 5.11 Å². The average Bonchev–Trinajstić information content (AvgIpc) is 2.37. The summed E-state index contributed by atoms with van der Waals surface area (Å²) in [5, 5.41) is 13.5. The predicted molar refractivity (Wildman–Crippen MR) is 71.9 cm³/mol. The zero-order valence-corrected chi connectivity index (χ0v) is 11.3. The molecule has 0 aromatic heterocycles. The second-order valence-electron chi connectivity index (χ2n) is 3.94. The Kier molecular flexibility index (Phi) is 7.96. The van der Waals surface area contributed by atoms with Crippen LogP contribution in [0.1, 0.15) is 5.56 Å². The lowest BCUT2D eigenvalue weighted by atomic mass is 10.2. The molecule has 2 N–H and O–H groups in total. The Morgan fingerprint density at radius 1 is 1.33 bits per heavy atom. The molecule has 0 aliphatic heterocycles.